The molecule has 4 rings (SSSR count). The van der Waals surface area contributed by atoms with Crippen LogP contribution in [0.3, 0.4) is 0 Å². The summed E-state index contributed by atoms with van der Waals surface area (Å²) >= 11 is 0. The molecule has 0 unspecified atom stereocenters. The molecule has 3 heterocycles. The average molecular weight is 420 g/mol. The number of rotatable bonds is 5. The van der Waals surface area contributed by atoms with Gasteiger partial charge in [0.25, 0.3) is 5.91 Å². The summed E-state index contributed by atoms with van der Waals surface area (Å²) in [7, 11) is 1.85. The number of aromatic nitrogens is 4. The van der Waals surface area contributed by atoms with Crippen LogP contribution in [0.4, 0.5) is 11.6 Å². The van der Waals surface area contributed by atoms with Gasteiger partial charge in [0.05, 0.1) is 23.6 Å². The van der Waals surface area contributed by atoms with Crippen molar-refractivity contribution in [2.75, 3.05) is 11.9 Å². The van der Waals surface area contributed by atoms with Crippen LogP contribution in [0.2, 0.25) is 0 Å². The molecule has 1 atom stereocenters. The van der Waals surface area contributed by atoms with Gasteiger partial charge in [0.1, 0.15) is 5.71 Å². The van der Waals surface area contributed by atoms with Crippen molar-refractivity contribution < 1.29 is 10.0 Å². The molecule has 1 aliphatic rings. The first-order valence-corrected chi connectivity index (χ1v) is 9.95. The van der Waals surface area contributed by atoms with Gasteiger partial charge in [-0.2, -0.15) is 5.10 Å². The third-order valence-electron chi connectivity index (χ3n) is 5.14. The number of fused-ring (bicyclic) bond motifs is 1. The van der Waals surface area contributed by atoms with Crippen molar-refractivity contribution in [3.63, 3.8) is 0 Å². The number of carbonyl (C=O) groups excluding carboxylic acids is 1. The summed E-state index contributed by atoms with van der Waals surface area (Å²) in [6, 6.07) is 7.78. The molecule has 0 saturated heterocycles. The Morgan fingerprint density at radius 1 is 1.35 bits per heavy atom. The predicted octanol–water partition coefficient (Wildman–Crippen LogP) is 2.12. The van der Waals surface area contributed by atoms with Gasteiger partial charge < -0.3 is 21.2 Å². The molecule has 0 bridgehead atoms. The number of nitrogens with one attached hydrogen (secondary N) is 3. The van der Waals surface area contributed by atoms with Crippen LogP contribution < -0.4 is 16.0 Å². The monoisotopic (exact) mass is 420 g/mol. The first-order valence-electron chi connectivity index (χ1n) is 9.95. The normalized spacial score (nSPS) is 16.3. The second-order valence-corrected chi connectivity index (χ2v) is 7.38. The lowest BCUT2D eigenvalue weighted by Crippen LogP contribution is -2.34. The highest BCUT2D eigenvalue weighted by molar-refractivity contribution is 6.37. The van der Waals surface area contributed by atoms with Crippen LogP contribution >= 0.6 is 0 Å². The van der Waals surface area contributed by atoms with Crippen molar-refractivity contribution in [2.24, 2.45) is 12.2 Å². The standard InChI is InChI=1S/C21H24N8O2/c1-13(28-31)20(30)26-19-5-7-22-10-15-9-14(3-4-17(15)19)18-6-8-23-21(27-18)25-16-11-24-29(2)12-16/h3-4,6,8-9,11-12,19,22,31H,5,7,10H2,1-2H3,(H,26,30)(H,23,25,27)/b28-13+/t19-/m1/s1. The minimum atomic E-state index is -0.383. The van der Waals surface area contributed by atoms with Crippen molar-refractivity contribution in [3.05, 3.63) is 54.0 Å². The number of benzene rings is 1. The number of amides is 1. The fraction of sp³-hybridized carbons (Fsp3) is 0.286. The quantitative estimate of drug-likeness (QED) is 0.283. The highest BCUT2D eigenvalue weighted by Gasteiger charge is 2.22. The predicted molar refractivity (Wildman–Crippen MR) is 116 cm³/mol. The summed E-state index contributed by atoms with van der Waals surface area (Å²) in [5, 5.41) is 25.5. The third kappa shape index (κ3) is 4.69. The van der Waals surface area contributed by atoms with E-state index >= 15 is 0 Å². The summed E-state index contributed by atoms with van der Waals surface area (Å²) in [6.45, 7) is 2.92. The topological polar surface area (TPSA) is 129 Å². The van der Waals surface area contributed by atoms with E-state index in [1.165, 1.54) is 6.92 Å². The SMILES string of the molecule is C/C(=N\O)C(=O)N[C@@H]1CCNCc2cc(-c3ccnc(Nc4cnn(C)c4)n3)ccc21. The molecule has 0 aliphatic carbocycles. The Hall–Kier alpha value is -3.79. The van der Waals surface area contributed by atoms with Crippen LogP contribution in [0.15, 0.2) is 48.0 Å². The minimum absolute atomic E-state index is 0.0324. The number of hydrogen-bond acceptors (Lipinski definition) is 8. The number of nitrogens with zero attached hydrogens (tertiary/aromatic N) is 5. The van der Waals surface area contributed by atoms with E-state index in [1.807, 2.05) is 31.4 Å². The Bertz CT molecular complexity index is 1120. The number of hydrogen-bond donors (Lipinski definition) is 4. The first-order chi connectivity index (χ1) is 15.0. The van der Waals surface area contributed by atoms with Crippen LogP contribution in [0.5, 0.6) is 0 Å². The molecule has 0 radical (unpaired) electrons. The fourth-order valence-electron chi connectivity index (χ4n) is 3.54. The number of oxime groups is 1. The number of aryl methyl sites for hydroxylation is 1. The van der Waals surface area contributed by atoms with E-state index < -0.39 is 0 Å². The Morgan fingerprint density at radius 3 is 3.00 bits per heavy atom. The minimum Gasteiger partial charge on any atom is -0.410 e. The highest BCUT2D eigenvalue weighted by atomic mass is 16.4. The summed E-state index contributed by atoms with van der Waals surface area (Å²) < 4.78 is 1.70. The molecule has 4 N–H and O–H groups in total. The molecule has 10 heteroatoms. The van der Waals surface area contributed by atoms with Crippen molar-refractivity contribution in [3.8, 4) is 11.3 Å². The van der Waals surface area contributed by atoms with Crippen molar-refractivity contribution in [1.82, 2.24) is 30.4 Å². The molecule has 31 heavy (non-hydrogen) atoms. The van der Waals surface area contributed by atoms with E-state index in [4.69, 9.17) is 5.21 Å². The molecule has 0 fully saturated rings. The Kier molecular flexibility index (Phi) is 5.89. The smallest absolute Gasteiger partial charge is 0.269 e. The maximum atomic E-state index is 12.2. The van der Waals surface area contributed by atoms with Crippen molar-refractivity contribution >= 4 is 23.3 Å². The second kappa shape index (κ2) is 8.92. The van der Waals surface area contributed by atoms with Crippen LogP contribution in [0.25, 0.3) is 11.3 Å². The lowest BCUT2D eigenvalue weighted by molar-refractivity contribution is -0.115. The largest absolute Gasteiger partial charge is 0.410 e. The van der Waals surface area contributed by atoms with Gasteiger partial charge in [0.15, 0.2) is 0 Å². The van der Waals surface area contributed by atoms with Crippen molar-refractivity contribution in [1.29, 1.82) is 0 Å². The molecule has 0 spiro atoms. The van der Waals surface area contributed by atoms with Crippen LogP contribution in [-0.2, 0) is 18.4 Å². The maximum Gasteiger partial charge on any atom is 0.269 e. The lowest BCUT2D eigenvalue weighted by atomic mass is 9.96. The van der Waals surface area contributed by atoms with Gasteiger partial charge in [-0.05, 0) is 43.1 Å². The number of anilines is 2. The highest BCUT2D eigenvalue weighted by Crippen LogP contribution is 2.28. The molecule has 0 saturated carbocycles. The Balaban J connectivity index is 1.59. The van der Waals surface area contributed by atoms with Gasteiger partial charge in [-0.1, -0.05) is 17.3 Å². The molecule has 1 aliphatic heterocycles. The van der Waals surface area contributed by atoms with E-state index in [0.717, 1.165) is 41.0 Å². The maximum absolute atomic E-state index is 12.2. The summed E-state index contributed by atoms with van der Waals surface area (Å²) in [6.07, 6.45) is 6.01. The Morgan fingerprint density at radius 2 is 2.23 bits per heavy atom. The first kappa shape index (κ1) is 20.5. The van der Waals surface area contributed by atoms with Gasteiger partial charge >= 0.3 is 0 Å². The molecular weight excluding hydrogens is 396 g/mol. The summed E-state index contributed by atoms with van der Waals surface area (Å²) in [5.41, 5.74) is 4.71. The third-order valence-corrected chi connectivity index (χ3v) is 5.14. The second-order valence-electron chi connectivity index (χ2n) is 7.38. The van der Waals surface area contributed by atoms with E-state index in [0.29, 0.717) is 12.5 Å². The molecule has 10 nitrogen and oxygen atoms in total. The fourth-order valence-corrected chi connectivity index (χ4v) is 3.54. The average Bonchev–Trinajstić information content (AvgIpc) is 3.08. The van der Waals surface area contributed by atoms with E-state index in [2.05, 4.69) is 42.2 Å². The van der Waals surface area contributed by atoms with E-state index in [-0.39, 0.29) is 17.7 Å². The van der Waals surface area contributed by atoms with Crippen LogP contribution in [0, 0.1) is 0 Å². The van der Waals surface area contributed by atoms with E-state index in [1.54, 1.807) is 17.1 Å². The van der Waals surface area contributed by atoms with Gasteiger partial charge in [-0.25, -0.2) is 9.97 Å². The molecule has 2 aromatic heterocycles. The molecule has 1 aromatic carbocycles. The van der Waals surface area contributed by atoms with Gasteiger partial charge in [-0.3, -0.25) is 9.48 Å². The van der Waals surface area contributed by atoms with Crippen LogP contribution in [-0.4, -0.2) is 43.1 Å². The zero-order valence-electron chi connectivity index (χ0n) is 17.3. The van der Waals surface area contributed by atoms with Gasteiger partial charge in [-0.15, -0.1) is 0 Å². The molecule has 160 valence electrons. The van der Waals surface area contributed by atoms with Gasteiger partial charge in [0, 0.05) is 31.5 Å². The van der Waals surface area contributed by atoms with E-state index in [9.17, 15) is 4.79 Å². The molecular formula is C21H24N8O2. The molecule has 1 amide bonds. The summed E-state index contributed by atoms with van der Waals surface area (Å²) in [5.74, 6) is 0.105. The van der Waals surface area contributed by atoms with Crippen LogP contribution in [0.1, 0.15) is 30.5 Å². The Labute approximate surface area is 179 Å². The molecule has 3 aromatic rings. The van der Waals surface area contributed by atoms with Gasteiger partial charge in [0.2, 0.25) is 5.95 Å². The zero-order valence-corrected chi connectivity index (χ0v) is 17.3. The van der Waals surface area contributed by atoms with Crippen molar-refractivity contribution in [2.45, 2.75) is 25.9 Å². The lowest BCUT2D eigenvalue weighted by Gasteiger charge is -2.19. The number of carbonyl (C=O) groups is 1. The zero-order chi connectivity index (χ0) is 21.8. The summed E-state index contributed by atoms with van der Waals surface area (Å²) in [4.78, 5) is 21.1.